The standard InChI is InChI=1S/C26H22N4O.2H2/c31-26(29-23-16-22(23)19-9-5-2-6-10-19)20-13-14-27-25(15-20)30-24-12-11-21(17-28-24)18-7-3-1-4-8-18;;/h1-15,17,22-23H,16H2,(H,29,31)(H,27,28,30);2*1H/t22-,23+;;/m0../s1. The van der Waals surface area contributed by atoms with Crippen LogP contribution in [0.15, 0.2) is 97.3 Å². The zero-order valence-electron chi connectivity index (χ0n) is 16.9. The number of anilines is 2. The normalized spacial score (nSPS) is 17.0. The Balaban J connectivity index is 0.00000153. The second kappa shape index (κ2) is 8.40. The zero-order chi connectivity index (χ0) is 21.0. The Morgan fingerprint density at radius 1 is 0.839 bits per heavy atom. The van der Waals surface area contributed by atoms with E-state index in [-0.39, 0.29) is 14.8 Å². The maximum Gasteiger partial charge on any atom is 0.251 e. The van der Waals surface area contributed by atoms with Gasteiger partial charge < -0.3 is 10.6 Å². The summed E-state index contributed by atoms with van der Waals surface area (Å²) in [5, 5.41) is 6.30. The van der Waals surface area contributed by atoms with E-state index in [1.807, 2.05) is 54.7 Å². The molecule has 2 N–H and O–H groups in total. The second-order valence-electron chi connectivity index (χ2n) is 7.69. The highest BCUT2D eigenvalue weighted by Gasteiger charge is 2.39. The minimum absolute atomic E-state index is 0. The van der Waals surface area contributed by atoms with Crippen LogP contribution in [0.2, 0.25) is 0 Å². The molecule has 1 saturated carbocycles. The molecule has 4 aromatic rings. The molecule has 2 heterocycles. The van der Waals surface area contributed by atoms with E-state index in [1.165, 1.54) is 5.56 Å². The minimum atomic E-state index is -0.0822. The van der Waals surface area contributed by atoms with Crippen molar-refractivity contribution in [3.63, 3.8) is 0 Å². The number of pyridine rings is 2. The molecule has 2 atom stereocenters. The molecule has 0 saturated heterocycles. The number of nitrogens with zero attached hydrogens (tertiary/aromatic N) is 2. The minimum Gasteiger partial charge on any atom is -0.349 e. The van der Waals surface area contributed by atoms with E-state index in [1.54, 1.807) is 18.3 Å². The molecule has 5 heteroatoms. The summed E-state index contributed by atoms with van der Waals surface area (Å²) in [4.78, 5) is 21.5. The van der Waals surface area contributed by atoms with Gasteiger partial charge in [-0.1, -0.05) is 60.7 Å². The van der Waals surface area contributed by atoms with E-state index in [2.05, 4.69) is 44.9 Å². The topological polar surface area (TPSA) is 66.9 Å². The van der Waals surface area contributed by atoms with Gasteiger partial charge in [0.15, 0.2) is 0 Å². The van der Waals surface area contributed by atoms with Gasteiger partial charge in [-0.2, -0.15) is 0 Å². The number of hydrogen-bond donors (Lipinski definition) is 2. The van der Waals surface area contributed by atoms with E-state index in [0.29, 0.717) is 23.1 Å². The molecule has 1 fully saturated rings. The predicted octanol–water partition coefficient (Wildman–Crippen LogP) is 5.67. The van der Waals surface area contributed by atoms with Gasteiger partial charge in [0.05, 0.1) is 0 Å². The lowest BCUT2D eigenvalue weighted by atomic mass is 10.1. The summed E-state index contributed by atoms with van der Waals surface area (Å²) in [6.45, 7) is 0. The fraction of sp³-hybridized carbons (Fsp3) is 0.115. The summed E-state index contributed by atoms with van der Waals surface area (Å²) in [5.41, 5.74) is 4.02. The van der Waals surface area contributed by atoms with Gasteiger partial charge in [-0.05, 0) is 41.8 Å². The third-order valence-electron chi connectivity index (χ3n) is 5.48. The molecule has 0 radical (unpaired) electrons. The lowest BCUT2D eigenvalue weighted by Crippen LogP contribution is -2.26. The Labute approximate surface area is 184 Å². The number of carbonyl (C=O) groups is 1. The average Bonchev–Trinajstić information content (AvgIpc) is 3.60. The number of nitrogens with one attached hydrogen (secondary N) is 2. The summed E-state index contributed by atoms with van der Waals surface area (Å²) < 4.78 is 0. The van der Waals surface area contributed by atoms with Gasteiger partial charge in [0.1, 0.15) is 11.6 Å². The number of amides is 1. The molecule has 2 aromatic carbocycles. The quantitative estimate of drug-likeness (QED) is 0.430. The van der Waals surface area contributed by atoms with Crippen LogP contribution in [0.3, 0.4) is 0 Å². The van der Waals surface area contributed by atoms with Crippen LogP contribution >= 0.6 is 0 Å². The van der Waals surface area contributed by atoms with Crippen LogP contribution < -0.4 is 10.6 Å². The van der Waals surface area contributed by atoms with E-state index < -0.39 is 0 Å². The van der Waals surface area contributed by atoms with Crippen molar-refractivity contribution in [1.29, 1.82) is 0 Å². The van der Waals surface area contributed by atoms with Gasteiger partial charge in [0.25, 0.3) is 5.91 Å². The summed E-state index contributed by atoms with van der Waals surface area (Å²) in [6.07, 6.45) is 4.44. The van der Waals surface area contributed by atoms with Crippen LogP contribution in [-0.2, 0) is 0 Å². The molecular weight excluding hydrogens is 384 g/mol. The SMILES string of the molecule is O=C(N[C@@H]1C[C@H]1c1ccccc1)c1ccnc(Nc2ccc(-c3ccccc3)cn2)c1.[HH].[HH]. The molecule has 31 heavy (non-hydrogen) atoms. The molecule has 5 nitrogen and oxygen atoms in total. The first-order valence-electron chi connectivity index (χ1n) is 10.4. The van der Waals surface area contributed by atoms with Crippen molar-refractivity contribution in [2.45, 2.75) is 18.4 Å². The molecule has 156 valence electrons. The van der Waals surface area contributed by atoms with E-state index >= 15 is 0 Å². The molecule has 0 unspecified atom stereocenters. The van der Waals surface area contributed by atoms with Crippen LogP contribution in [0.1, 0.15) is 31.1 Å². The smallest absolute Gasteiger partial charge is 0.251 e. The average molecular weight is 411 g/mol. The van der Waals surface area contributed by atoms with Gasteiger partial charge in [-0.15, -0.1) is 0 Å². The van der Waals surface area contributed by atoms with Gasteiger partial charge in [-0.25, -0.2) is 9.97 Å². The molecule has 0 spiro atoms. The monoisotopic (exact) mass is 410 g/mol. The lowest BCUT2D eigenvalue weighted by Gasteiger charge is -2.09. The third kappa shape index (κ3) is 4.46. The van der Waals surface area contributed by atoms with Crippen molar-refractivity contribution < 1.29 is 7.65 Å². The predicted molar refractivity (Wildman–Crippen MR) is 126 cm³/mol. The maximum absolute atomic E-state index is 12.7. The van der Waals surface area contributed by atoms with Gasteiger partial charge >= 0.3 is 0 Å². The fourth-order valence-electron chi connectivity index (χ4n) is 3.72. The Morgan fingerprint density at radius 2 is 1.61 bits per heavy atom. The van der Waals surface area contributed by atoms with Crippen LogP contribution in [0, 0.1) is 0 Å². The highest BCUT2D eigenvalue weighted by atomic mass is 16.1. The van der Waals surface area contributed by atoms with Crippen molar-refractivity contribution in [2.75, 3.05) is 5.32 Å². The highest BCUT2D eigenvalue weighted by Crippen LogP contribution is 2.40. The Morgan fingerprint density at radius 3 is 2.35 bits per heavy atom. The van der Waals surface area contributed by atoms with Gasteiger partial charge in [0.2, 0.25) is 0 Å². The van der Waals surface area contributed by atoms with Crippen molar-refractivity contribution in [3.05, 3.63) is 108 Å². The number of benzene rings is 2. The number of rotatable bonds is 6. The number of aromatic nitrogens is 2. The van der Waals surface area contributed by atoms with Crippen molar-refractivity contribution >= 4 is 17.5 Å². The van der Waals surface area contributed by atoms with Gasteiger partial charge in [-0.3, -0.25) is 4.79 Å². The second-order valence-corrected chi connectivity index (χ2v) is 7.69. The molecule has 0 bridgehead atoms. The first-order chi connectivity index (χ1) is 15.3. The van der Waals surface area contributed by atoms with Crippen LogP contribution in [0.4, 0.5) is 11.6 Å². The van der Waals surface area contributed by atoms with Crippen molar-refractivity contribution in [3.8, 4) is 11.1 Å². The van der Waals surface area contributed by atoms with Crippen molar-refractivity contribution in [1.82, 2.24) is 15.3 Å². The Hall–Kier alpha value is -3.99. The lowest BCUT2D eigenvalue weighted by molar-refractivity contribution is 0.0950. The van der Waals surface area contributed by atoms with E-state index in [0.717, 1.165) is 17.5 Å². The van der Waals surface area contributed by atoms with Crippen LogP contribution in [0.25, 0.3) is 11.1 Å². The summed E-state index contributed by atoms with van der Waals surface area (Å²) in [6, 6.07) is 28.0. The molecule has 5 rings (SSSR count). The molecule has 1 aliphatic carbocycles. The number of carbonyl (C=O) groups excluding carboxylic acids is 1. The fourth-order valence-corrected chi connectivity index (χ4v) is 3.72. The largest absolute Gasteiger partial charge is 0.349 e. The number of hydrogen-bond acceptors (Lipinski definition) is 4. The van der Waals surface area contributed by atoms with Crippen molar-refractivity contribution in [2.24, 2.45) is 0 Å². The summed E-state index contributed by atoms with van der Waals surface area (Å²) in [7, 11) is 0. The molecule has 1 aliphatic rings. The molecule has 0 aliphatic heterocycles. The highest BCUT2D eigenvalue weighted by molar-refractivity contribution is 5.95. The Kier molecular flexibility index (Phi) is 5.15. The van der Waals surface area contributed by atoms with Gasteiger partial charge in [0, 0.05) is 38.3 Å². The van der Waals surface area contributed by atoms with Crippen LogP contribution in [0.5, 0.6) is 0 Å². The van der Waals surface area contributed by atoms with Crippen LogP contribution in [-0.4, -0.2) is 21.9 Å². The van der Waals surface area contributed by atoms with E-state index in [4.69, 9.17) is 0 Å². The third-order valence-corrected chi connectivity index (χ3v) is 5.48. The molecule has 2 aromatic heterocycles. The first kappa shape index (κ1) is 19.0. The maximum atomic E-state index is 12.7. The van der Waals surface area contributed by atoms with E-state index in [9.17, 15) is 4.79 Å². The molecular formula is C26H26N4O. The summed E-state index contributed by atoms with van der Waals surface area (Å²) >= 11 is 0. The Bertz CT molecular complexity index is 1190. The molecule has 1 amide bonds. The first-order valence-corrected chi connectivity index (χ1v) is 10.4. The zero-order valence-corrected chi connectivity index (χ0v) is 16.9. The summed E-state index contributed by atoms with van der Waals surface area (Å²) in [5.74, 6) is 1.58.